The van der Waals surface area contributed by atoms with Gasteiger partial charge < -0.3 is 9.31 Å². The lowest BCUT2D eigenvalue weighted by Crippen LogP contribution is -2.41. The lowest BCUT2D eigenvalue weighted by molar-refractivity contribution is 0.00578. The van der Waals surface area contributed by atoms with Crippen LogP contribution in [0.15, 0.2) is 12.1 Å². The fourth-order valence-corrected chi connectivity index (χ4v) is 4.07. The van der Waals surface area contributed by atoms with Crippen molar-refractivity contribution in [2.24, 2.45) is 7.05 Å². The summed E-state index contributed by atoms with van der Waals surface area (Å²) >= 11 is 0. The zero-order chi connectivity index (χ0) is 22.6. The van der Waals surface area contributed by atoms with E-state index < -0.39 is 34.2 Å². The highest BCUT2D eigenvalue weighted by atomic mass is 32.2. The summed E-state index contributed by atoms with van der Waals surface area (Å²) < 4.78 is 56.5. The maximum Gasteiger partial charge on any atom is 0.497 e. The molecule has 1 aromatic heterocycles. The molecule has 1 saturated heterocycles. The Morgan fingerprint density at radius 1 is 1.17 bits per heavy atom. The van der Waals surface area contributed by atoms with E-state index in [4.69, 9.17) is 9.31 Å². The van der Waals surface area contributed by atoms with Crippen LogP contribution in [0.25, 0.3) is 11.1 Å². The van der Waals surface area contributed by atoms with E-state index in [2.05, 4.69) is 9.82 Å². The Hall–Kier alpha value is -1.91. The molecule has 0 saturated carbocycles. The second kappa shape index (κ2) is 7.35. The molecule has 1 fully saturated rings. The second-order valence-electron chi connectivity index (χ2n) is 8.69. The summed E-state index contributed by atoms with van der Waals surface area (Å²) in [4.78, 5) is 0. The van der Waals surface area contributed by atoms with Crippen LogP contribution in [0.1, 0.15) is 46.0 Å². The zero-order valence-corrected chi connectivity index (χ0v) is 19.6. The molecule has 0 bridgehead atoms. The number of hydrogen-bond acceptors (Lipinski definition) is 5. The van der Waals surface area contributed by atoms with Gasteiger partial charge >= 0.3 is 7.12 Å². The molecular formula is C20H29BFN3O4S. The standard InChI is InChI=1S/C20H29BFN3O4S/c1-9-30(26,27)24-14-10-15(17-12(2)23-25(8)13(17)3)18(22)16(11-14)21-28-19(4,5)20(6,7)29-21/h10-11,24H,9H2,1-8H3. The van der Waals surface area contributed by atoms with Crippen molar-refractivity contribution in [3.63, 3.8) is 0 Å². The SMILES string of the molecule is CCS(=O)(=O)Nc1cc(B2OC(C)(C)C(C)(C)O2)c(F)c(-c2c(C)nn(C)c2C)c1. The van der Waals surface area contributed by atoms with Crippen LogP contribution >= 0.6 is 0 Å². The summed E-state index contributed by atoms with van der Waals surface area (Å²) in [6.07, 6.45) is 0. The number of hydrogen-bond donors (Lipinski definition) is 1. The average Bonchev–Trinajstić information content (AvgIpc) is 2.99. The lowest BCUT2D eigenvalue weighted by Gasteiger charge is -2.32. The van der Waals surface area contributed by atoms with Gasteiger partial charge in [-0.15, -0.1) is 0 Å². The second-order valence-corrected chi connectivity index (χ2v) is 10.7. The molecule has 0 spiro atoms. The first-order valence-electron chi connectivity index (χ1n) is 9.89. The number of aryl methyl sites for hydroxylation is 2. The van der Waals surface area contributed by atoms with Crippen molar-refractivity contribution in [3.05, 3.63) is 29.3 Å². The molecule has 2 heterocycles. The summed E-state index contributed by atoms with van der Waals surface area (Å²) in [7, 11) is -2.75. The molecular weight excluding hydrogens is 408 g/mol. The highest BCUT2D eigenvalue weighted by Gasteiger charge is 2.52. The van der Waals surface area contributed by atoms with E-state index in [0.717, 1.165) is 5.69 Å². The molecule has 10 heteroatoms. The molecule has 1 aliphatic heterocycles. The zero-order valence-electron chi connectivity index (χ0n) is 18.8. The Bertz CT molecular complexity index is 1080. The Balaban J connectivity index is 2.22. The van der Waals surface area contributed by atoms with Crippen molar-refractivity contribution < 1.29 is 22.1 Å². The van der Waals surface area contributed by atoms with Gasteiger partial charge in [0, 0.05) is 35.0 Å². The van der Waals surface area contributed by atoms with Gasteiger partial charge in [-0.25, -0.2) is 12.8 Å². The lowest BCUT2D eigenvalue weighted by atomic mass is 9.76. The van der Waals surface area contributed by atoms with Gasteiger partial charge in [-0.2, -0.15) is 5.10 Å². The van der Waals surface area contributed by atoms with Crippen LogP contribution in [-0.2, 0) is 26.4 Å². The van der Waals surface area contributed by atoms with Gasteiger partial charge in [0.2, 0.25) is 10.0 Å². The normalized spacial score (nSPS) is 18.1. The minimum atomic E-state index is -3.56. The van der Waals surface area contributed by atoms with Gasteiger partial charge in [0.05, 0.1) is 22.6 Å². The van der Waals surface area contributed by atoms with Crippen molar-refractivity contribution in [2.45, 2.75) is 59.7 Å². The first-order chi connectivity index (χ1) is 13.7. The van der Waals surface area contributed by atoms with E-state index in [1.807, 2.05) is 34.6 Å². The number of anilines is 1. The summed E-state index contributed by atoms with van der Waals surface area (Å²) in [5.41, 5.74) is 1.34. The predicted molar refractivity (Wildman–Crippen MR) is 117 cm³/mol. The van der Waals surface area contributed by atoms with E-state index in [9.17, 15) is 8.42 Å². The van der Waals surface area contributed by atoms with Gasteiger partial charge in [0.25, 0.3) is 0 Å². The van der Waals surface area contributed by atoms with Crippen LogP contribution in [0.3, 0.4) is 0 Å². The predicted octanol–water partition coefficient (Wildman–Crippen LogP) is 2.90. The number of benzene rings is 1. The molecule has 164 valence electrons. The van der Waals surface area contributed by atoms with Crippen LogP contribution in [0.5, 0.6) is 0 Å². The van der Waals surface area contributed by atoms with Crippen LogP contribution < -0.4 is 10.2 Å². The molecule has 30 heavy (non-hydrogen) atoms. The molecule has 1 aliphatic rings. The first kappa shape index (κ1) is 22.8. The summed E-state index contributed by atoms with van der Waals surface area (Å²) in [5.74, 6) is -0.622. The quantitative estimate of drug-likeness (QED) is 0.728. The molecule has 0 unspecified atom stereocenters. The molecule has 0 radical (unpaired) electrons. The van der Waals surface area contributed by atoms with Crippen molar-refractivity contribution in [2.75, 3.05) is 10.5 Å². The Kier molecular flexibility index (Phi) is 5.58. The number of sulfonamides is 1. The molecule has 2 aromatic rings. The maximum absolute atomic E-state index is 15.8. The van der Waals surface area contributed by atoms with Crippen LogP contribution in [0, 0.1) is 19.7 Å². The third kappa shape index (κ3) is 3.88. The van der Waals surface area contributed by atoms with Gasteiger partial charge in [-0.1, -0.05) is 0 Å². The number of nitrogens with zero attached hydrogens (tertiary/aromatic N) is 2. The summed E-state index contributed by atoms with van der Waals surface area (Å²) in [6.45, 7) is 12.7. The number of halogens is 1. The van der Waals surface area contributed by atoms with Gasteiger partial charge in [-0.05, 0) is 60.6 Å². The number of nitrogens with one attached hydrogen (secondary N) is 1. The van der Waals surface area contributed by atoms with Crippen LogP contribution in [0.2, 0.25) is 0 Å². The first-order valence-corrected chi connectivity index (χ1v) is 11.5. The van der Waals surface area contributed by atoms with E-state index in [1.165, 1.54) is 19.1 Å². The summed E-state index contributed by atoms with van der Waals surface area (Å²) in [5, 5.41) is 4.37. The minimum absolute atomic E-state index is 0.101. The highest BCUT2D eigenvalue weighted by Crippen LogP contribution is 2.38. The van der Waals surface area contributed by atoms with E-state index in [1.54, 1.807) is 18.7 Å². The van der Waals surface area contributed by atoms with Crippen molar-refractivity contribution in [1.82, 2.24) is 9.78 Å². The average molecular weight is 437 g/mol. The fourth-order valence-electron chi connectivity index (χ4n) is 3.44. The van der Waals surface area contributed by atoms with Crippen LogP contribution in [0.4, 0.5) is 10.1 Å². The summed E-state index contributed by atoms with van der Waals surface area (Å²) in [6, 6.07) is 2.93. The van der Waals surface area contributed by atoms with Crippen molar-refractivity contribution >= 4 is 28.3 Å². The Morgan fingerprint density at radius 3 is 2.20 bits per heavy atom. The monoisotopic (exact) mass is 437 g/mol. The highest BCUT2D eigenvalue weighted by molar-refractivity contribution is 7.92. The topological polar surface area (TPSA) is 82.5 Å². The van der Waals surface area contributed by atoms with Gasteiger partial charge in [0.1, 0.15) is 5.82 Å². The van der Waals surface area contributed by atoms with Crippen molar-refractivity contribution in [3.8, 4) is 11.1 Å². The van der Waals surface area contributed by atoms with Crippen LogP contribution in [-0.4, -0.2) is 42.3 Å². The Labute approximate surface area is 178 Å². The third-order valence-electron chi connectivity index (χ3n) is 6.04. The van der Waals surface area contributed by atoms with Crippen molar-refractivity contribution in [1.29, 1.82) is 0 Å². The van der Waals surface area contributed by atoms with E-state index >= 15 is 4.39 Å². The molecule has 1 aromatic carbocycles. The molecule has 0 amide bonds. The third-order valence-corrected chi connectivity index (χ3v) is 7.35. The number of rotatable bonds is 5. The fraction of sp³-hybridized carbons (Fsp3) is 0.550. The van der Waals surface area contributed by atoms with Gasteiger partial charge in [-0.3, -0.25) is 9.40 Å². The molecule has 0 atom stereocenters. The molecule has 3 rings (SSSR count). The largest absolute Gasteiger partial charge is 0.497 e. The van der Waals surface area contributed by atoms with Gasteiger partial charge in [0.15, 0.2) is 0 Å². The number of aromatic nitrogens is 2. The minimum Gasteiger partial charge on any atom is -0.399 e. The molecule has 1 N–H and O–H groups in total. The van der Waals surface area contributed by atoms with E-state index in [-0.39, 0.29) is 22.5 Å². The van der Waals surface area contributed by atoms with E-state index in [0.29, 0.717) is 11.3 Å². The smallest absolute Gasteiger partial charge is 0.399 e. The Morgan fingerprint density at radius 2 is 1.73 bits per heavy atom. The molecule has 0 aliphatic carbocycles. The maximum atomic E-state index is 15.8. The molecule has 7 nitrogen and oxygen atoms in total.